The highest BCUT2D eigenvalue weighted by molar-refractivity contribution is 6.01. The van der Waals surface area contributed by atoms with E-state index in [1.54, 1.807) is 26.8 Å². The molecule has 4 aliphatic carbocycles. The van der Waals surface area contributed by atoms with E-state index in [-0.39, 0.29) is 55.8 Å². The summed E-state index contributed by atoms with van der Waals surface area (Å²) in [7, 11) is 0. The summed E-state index contributed by atoms with van der Waals surface area (Å²) in [4.78, 5) is 78.9. The molecule has 2 N–H and O–H groups in total. The van der Waals surface area contributed by atoms with Gasteiger partial charge >= 0.3 is 23.9 Å². The Hall–Kier alpha value is -3.45. The maximum absolute atomic E-state index is 17.6. The van der Waals surface area contributed by atoms with Gasteiger partial charge in [-0.25, -0.2) is 4.39 Å². The molecule has 4 aliphatic rings. The zero-order valence-electron chi connectivity index (χ0n) is 44.8. The van der Waals surface area contributed by atoms with Crippen LogP contribution in [0.3, 0.4) is 0 Å². The van der Waals surface area contributed by atoms with E-state index < -0.39 is 82.6 Å². The van der Waals surface area contributed by atoms with Gasteiger partial charge in [-0.15, -0.1) is 0 Å². The van der Waals surface area contributed by atoms with Gasteiger partial charge in [-0.2, -0.15) is 0 Å². The summed E-state index contributed by atoms with van der Waals surface area (Å²) >= 11 is 0. The van der Waals surface area contributed by atoms with Gasteiger partial charge in [-0.05, 0) is 108 Å². The Labute approximate surface area is 425 Å². The van der Waals surface area contributed by atoms with Gasteiger partial charge in [0.1, 0.15) is 23.9 Å². The number of aliphatic hydroxyl groups is 2. The normalized spacial score (nSPS) is 28.9. The van der Waals surface area contributed by atoms with E-state index in [1.807, 2.05) is 0 Å². The first-order valence-corrected chi connectivity index (χ1v) is 28.2. The third kappa shape index (κ3) is 15.3. The molecular formula is C58H93FO12. The minimum atomic E-state index is -2.09. The van der Waals surface area contributed by atoms with Gasteiger partial charge in [-0.3, -0.25) is 28.8 Å². The van der Waals surface area contributed by atoms with Crippen LogP contribution in [-0.2, 0) is 47.7 Å². The molecule has 0 aromatic carbocycles. The zero-order chi connectivity index (χ0) is 52.2. The van der Waals surface area contributed by atoms with Crippen LogP contribution in [0.25, 0.3) is 0 Å². The summed E-state index contributed by atoms with van der Waals surface area (Å²) < 4.78 is 41.5. The molecule has 0 bridgehead atoms. The number of carbonyl (C=O) groups excluding carboxylic acids is 6. The average Bonchev–Trinajstić information content (AvgIpc) is 3.53. The van der Waals surface area contributed by atoms with Crippen molar-refractivity contribution in [2.24, 2.45) is 28.6 Å². The number of aliphatic hydroxyl groups excluding tert-OH is 1. The molecule has 0 saturated heterocycles. The highest BCUT2D eigenvalue weighted by Gasteiger charge is 2.75. The zero-order valence-corrected chi connectivity index (χ0v) is 44.8. The van der Waals surface area contributed by atoms with Gasteiger partial charge in [0.15, 0.2) is 18.1 Å². The number of allylic oxidation sites excluding steroid dienone is 4. The number of fused-ring (bicyclic) bond motifs is 5. The molecule has 0 amide bonds. The minimum Gasteiger partial charge on any atom is -0.462 e. The maximum Gasteiger partial charge on any atom is 0.306 e. The Balaban J connectivity index is 1.34. The van der Waals surface area contributed by atoms with Crippen LogP contribution in [0.4, 0.5) is 4.39 Å². The largest absolute Gasteiger partial charge is 0.462 e. The lowest BCUT2D eigenvalue weighted by Gasteiger charge is -2.62. The molecule has 0 spiro atoms. The first-order chi connectivity index (χ1) is 33.9. The monoisotopic (exact) mass is 1000 g/mol. The molecule has 71 heavy (non-hydrogen) atoms. The van der Waals surface area contributed by atoms with Crippen molar-refractivity contribution in [3.63, 3.8) is 0 Å². The minimum absolute atomic E-state index is 0.0711. The van der Waals surface area contributed by atoms with Crippen molar-refractivity contribution in [2.45, 2.75) is 270 Å². The van der Waals surface area contributed by atoms with Crippen LogP contribution in [0.5, 0.6) is 0 Å². The van der Waals surface area contributed by atoms with Gasteiger partial charge in [0, 0.05) is 48.9 Å². The van der Waals surface area contributed by atoms with Crippen molar-refractivity contribution in [3.8, 4) is 0 Å². The van der Waals surface area contributed by atoms with Crippen molar-refractivity contribution < 1.29 is 62.3 Å². The Morgan fingerprint density at radius 1 is 0.690 bits per heavy atom. The third-order valence-electron chi connectivity index (χ3n) is 17.0. The Morgan fingerprint density at radius 3 is 1.82 bits per heavy atom. The van der Waals surface area contributed by atoms with Crippen LogP contribution in [0.1, 0.15) is 235 Å². The molecule has 0 radical (unpaired) electrons. The molecule has 3 saturated carbocycles. The van der Waals surface area contributed by atoms with Crippen molar-refractivity contribution in [3.05, 3.63) is 23.8 Å². The summed E-state index contributed by atoms with van der Waals surface area (Å²) in [5.74, 6) is -4.01. The molecular weight excluding hydrogens is 908 g/mol. The van der Waals surface area contributed by atoms with E-state index in [1.165, 1.54) is 12.2 Å². The number of unbranched alkanes of at least 4 members (excludes halogenated alkanes) is 13. The van der Waals surface area contributed by atoms with Gasteiger partial charge in [0.05, 0.1) is 6.10 Å². The number of alkyl halides is 1. The van der Waals surface area contributed by atoms with Crippen molar-refractivity contribution >= 4 is 35.4 Å². The lowest BCUT2D eigenvalue weighted by Crippen LogP contribution is -2.69. The van der Waals surface area contributed by atoms with Gasteiger partial charge in [-0.1, -0.05) is 130 Å². The van der Waals surface area contributed by atoms with Crippen molar-refractivity contribution in [1.82, 2.24) is 0 Å². The Kier molecular flexibility index (Phi) is 24.4. The first-order valence-electron chi connectivity index (χ1n) is 28.2. The lowest BCUT2D eigenvalue weighted by molar-refractivity contribution is -0.220. The predicted molar refractivity (Wildman–Crippen MR) is 272 cm³/mol. The van der Waals surface area contributed by atoms with E-state index in [0.717, 1.165) is 83.5 Å². The molecule has 404 valence electrons. The quantitative estimate of drug-likeness (QED) is 0.0354. The molecule has 13 heteroatoms. The van der Waals surface area contributed by atoms with E-state index in [0.29, 0.717) is 76.2 Å². The summed E-state index contributed by atoms with van der Waals surface area (Å²) in [5, 5.41) is 24.0. The summed E-state index contributed by atoms with van der Waals surface area (Å²) in [6.45, 7) is 13.0. The molecule has 3 fully saturated rings. The molecule has 2 unspecified atom stereocenters. The van der Waals surface area contributed by atoms with E-state index in [4.69, 9.17) is 18.9 Å². The topological polar surface area (TPSA) is 180 Å². The average molecular weight is 1000 g/mol. The first kappa shape index (κ1) is 60.1. The number of Topliss-reactive ketones (excluding diaryl/α,β-unsaturated/α-hetero) is 1. The van der Waals surface area contributed by atoms with Crippen LogP contribution in [0.2, 0.25) is 0 Å². The van der Waals surface area contributed by atoms with Crippen molar-refractivity contribution in [1.29, 1.82) is 0 Å². The molecule has 4 rings (SSSR count). The Bertz CT molecular complexity index is 1810. The second-order valence-corrected chi connectivity index (χ2v) is 22.2. The predicted octanol–water partition coefficient (Wildman–Crippen LogP) is 12.0. The number of carbonyl (C=O) groups is 6. The number of esters is 4. The highest BCUT2D eigenvalue weighted by atomic mass is 19.1. The molecule has 12 nitrogen and oxygen atoms in total. The SMILES string of the molecule is CCCCCCC(CC(OC(=O)CCCCC)[C@@H](CCCCCCCC(=O)OCC(=O)[C@@]1(O)[C@H](C)C[C@H]2[C@@H]3CCC4=CC(=O)C=C[C@]4(C)[C@@]3(F)[C@@H](O)C[C@@]21C)OC(=O)CCCCC)OC(=O)CCCCC. The van der Waals surface area contributed by atoms with E-state index in [2.05, 4.69) is 27.7 Å². The maximum atomic E-state index is 17.6. The number of halogens is 1. The van der Waals surface area contributed by atoms with Crippen LogP contribution in [0.15, 0.2) is 23.8 Å². The van der Waals surface area contributed by atoms with Crippen LogP contribution < -0.4 is 0 Å². The number of ketones is 2. The van der Waals surface area contributed by atoms with Crippen LogP contribution >= 0.6 is 0 Å². The van der Waals surface area contributed by atoms with E-state index in [9.17, 15) is 39.0 Å². The molecule has 0 aromatic heterocycles. The lowest BCUT2D eigenvalue weighted by atomic mass is 9.44. The summed E-state index contributed by atoms with van der Waals surface area (Å²) in [5.41, 5.74) is -5.73. The van der Waals surface area contributed by atoms with E-state index >= 15 is 4.39 Å². The number of ether oxygens (including phenoxy) is 4. The summed E-state index contributed by atoms with van der Waals surface area (Å²) in [6.07, 6.45) is 19.4. The van der Waals surface area contributed by atoms with Crippen LogP contribution in [0, 0.1) is 28.6 Å². The molecule has 0 heterocycles. The number of hydrogen-bond donors (Lipinski definition) is 2. The molecule has 0 aromatic rings. The third-order valence-corrected chi connectivity index (χ3v) is 17.0. The fourth-order valence-corrected chi connectivity index (χ4v) is 12.8. The standard InChI is InChI=1S/C58H93FO12/c1-8-12-16-23-26-44(69-52(64)29-20-13-9-2)38-48(71-54(66)31-22-15-11-4)47(70-53(65)30-21-14-10-3)27-24-18-17-19-25-28-51(63)68-40-50(62)58(67)41(5)36-46-45-33-32-42-37-43(60)34-35-55(42,6)57(45,59)49(61)39-56(46,58)7/h34-35,37,41,44-49,61,67H,8-33,36,38-40H2,1-7H3/t41-,44?,45+,46+,47-,48?,49+,55+,56+,57+,58+/m1/s1. The van der Waals surface area contributed by atoms with Gasteiger partial charge < -0.3 is 29.2 Å². The number of hydrogen-bond acceptors (Lipinski definition) is 12. The highest BCUT2D eigenvalue weighted by Crippen LogP contribution is 2.70. The second-order valence-electron chi connectivity index (χ2n) is 22.2. The smallest absolute Gasteiger partial charge is 0.306 e. The number of rotatable bonds is 34. The van der Waals surface area contributed by atoms with Crippen LogP contribution in [-0.4, -0.2) is 87.9 Å². The molecule has 0 aliphatic heterocycles. The summed E-state index contributed by atoms with van der Waals surface area (Å²) in [6, 6.07) is 0. The van der Waals surface area contributed by atoms with Crippen molar-refractivity contribution in [2.75, 3.05) is 6.61 Å². The van der Waals surface area contributed by atoms with Gasteiger partial charge in [0.2, 0.25) is 5.78 Å². The Morgan fingerprint density at radius 2 is 1.20 bits per heavy atom. The van der Waals surface area contributed by atoms with Gasteiger partial charge in [0.25, 0.3) is 0 Å². The fourth-order valence-electron chi connectivity index (χ4n) is 12.8. The fraction of sp³-hybridized carbons (Fsp3) is 0.828. The molecule has 11 atom stereocenters. The second kappa shape index (κ2) is 28.9.